The Bertz CT molecular complexity index is 677. The number of carbonyl (C=O) groups excluding carboxylic acids is 2. The molecular weight excluding hydrogens is 339 g/mol. The first-order valence-corrected chi connectivity index (χ1v) is 7.90. The van der Waals surface area contributed by atoms with E-state index < -0.39 is 23.2 Å². The highest BCUT2D eigenvalue weighted by molar-refractivity contribution is 5.95. The third kappa shape index (κ3) is 3.08. The number of pyridine rings is 1. The third-order valence-corrected chi connectivity index (χ3v) is 4.97. The van der Waals surface area contributed by atoms with Gasteiger partial charge in [-0.05, 0) is 18.6 Å². The van der Waals surface area contributed by atoms with E-state index in [1.54, 1.807) is 7.05 Å². The molecule has 2 amide bonds. The van der Waals surface area contributed by atoms with Gasteiger partial charge in [-0.3, -0.25) is 14.6 Å². The number of nitrogens with zero attached hydrogens (tertiary/aromatic N) is 2. The highest BCUT2D eigenvalue weighted by Gasteiger charge is 2.54. The van der Waals surface area contributed by atoms with Crippen LogP contribution in [0, 0.1) is 11.3 Å². The smallest absolute Gasteiger partial charge is 0.381 e. The number of nitrogens with one attached hydrogen (secondary N) is 1. The Hall–Kier alpha value is -2.16. The molecule has 9 heteroatoms. The van der Waals surface area contributed by atoms with Gasteiger partial charge in [-0.1, -0.05) is 0 Å². The second-order valence-corrected chi connectivity index (χ2v) is 6.37. The van der Waals surface area contributed by atoms with Crippen LogP contribution in [0.3, 0.4) is 0 Å². The van der Waals surface area contributed by atoms with Crippen molar-refractivity contribution in [1.29, 1.82) is 0 Å². The van der Waals surface area contributed by atoms with Crippen molar-refractivity contribution in [2.45, 2.75) is 12.6 Å². The van der Waals surface area contributed by atoms with Crippen molar-refractivity contribution >= 4 is 11.8 Å². The van der Waals surface area contributed by atoms with Crippen molar-refractivity contribution < 1.29 is 27.5 Å². The largest absolute Gasteiger partial charge is 0.433 e. The molecule has 3 heterocycles. The molecule has 6 nitrogen and oxygen atoms in total. The lowest BCUT2D eigenvalue weighted by Crippen LogP contribution is -2.49. The van der Waals surface area contributed by atoms with E-state index >= 15 is 0 Å². The van der Waals surface area contributed by atoms with Crippen molar-refractivity contribution in [1.82, 2.24) is 15.2 Å². The van der Waals surface area contributed by atoms with Crippen LogP contribution in [-0.2, 0) is 15.7 Å². The summed E-state index contributed by atoms with van der Waals surface area (Å²) in [5.74, 6) is -0.701. The molecule has 0 unspecified atom stereocenters. The fourth-order valence-electron chi connectivity index (χ4n) is 3.60. The first kappa shape index (κ1) is 17.7. The zero-order valence-electron chi connectivity index (χ0n) is 13.6. The number of ether oxygens (including phenoxy) is 1. The molecule has 2 fully saturated rings. The average molecular weight is 357 g/mol. The molecule has 0 spiro atoms. The summed E-state index contributed by atoms with van der Waals surface area (Å²) in [4.78, 5) is 29.8. The van der Waals surface area contributed by atoms with E-state index in [1.165, 1.54) is 4.90 Å². The van der Waals surface area contributed by atoms with Gasteiger partial charge in [0.15, 0.2) is 0 Å². The number of carbonyl (C=O) groups is 2. The van der Waals surface area contributed by atoms with Gasteiger partial charge in [-0.25, -0.2) is 0 Å². The van der Waals surface area contributed by atoms with Crippen LogP contribution in [0.25, 0.3) is 0 Å². The minimum absolute atomic E-state index is 0.0691. The number of amides is 2. The lowest BCUT2D eigenvalue weighted by molar-refractivity contribution is -0.141. The second-order valence-electron chi connectivity index (χ2n) is 6.37. The van der Waals surface area contributed by atoms with Gasteiger partial charge in [-0.15, -0.1) is 0 Å². The molecule has 0 bridgehead atoms. The van der Waals surface area contributed by atoms with Gasteiger partial charge in [0.2, 0.25) is 5.91 Å². The van der Waals surface area contributed by atoms with E-state index in [2.05, 4.69) is 10.3 Å². The Balaban J connectivity index is 1.80. The van der Waals surface area contributed by atoms with Crippen LogP contribution >= 0.6 is 0 Å². The van der Waals surface area contributed by atoms with Gasteiger partial charge in [0.05, 0.1) is 17.6 Å². The number of halogens is 3. The number of alkyl halides is 3. The summed E-state index contributed by atoms with van der Waals surface area (Å²) in [6.07, 6.45) is -3.12. The van der Waals surface area contributed by atoms with Crippen molar-refractivity contribution in [2.24, 2.45) is 11.3 Å². The minimum atomic E-state index is -4.55. The zero-order valence-corrected chi connectivity index (χ0v) is 13.6. The maximum absolute atomic E-state index is 12.6. The maximum atomic E-state index is 12.6. The van der Waals surface area contributed by atoms with E-state index in [-0.39, 0.29) is 23.9 Å². The van der Waals surface area contributed by atoms with E-state index in [0.717, 1.165) is 18.3 Å². The number of aromatic nitrogens is 1. The van der Waals surface area contributed by atoms with E-state index in [9.17, 15) is 22.8 Å². The summed E-state index contributed by atoms with van der Waals surface area (Å²) in [5.41, 5.74) is -1.68. The Kier molecular flexibility index (Phi) is 4.44. The molecule has 1 aromatic heterocycles. The Morgan fingerprint density at radius 3 is 2.76 bits per heavy atom. The van der Waals surface area contributed by atoms with Gasteiger partial charge >= 0.3 is 6.18 Å². The fourth-order valence-corrected chi connectivity index (χ4v) is 3.60. The highest BCUT2D eigenvalue weighted by Crippen LogP contribution is 2.42. The van der Waals surface area contributed by atoms with Crippen molar-refractivity contribution in [2.75, 3.05) is 33.4 Å². The van der Waals surface area contributed by atoms with Gasteiger partial charge < -0.3 is 15.0 Å². The van der Waals surface area contributed by atoms with Crippen LogP contribution in [0.15, 0.2) is 18.3 Å². The molecule has 25 heavy (non-hydrogen) atoms. The van der Waals surface area contributed by atoms with Crippen LogP contribution in [0.2, 0.25) is 0 Å². The normalized spacial score (nSPS) is 26.2. The molecule has 2 atom stereocenters. The van der Waals surface area contributed by atoms with Crippen LogP contribution in [0.4, 0.5) is 13.2 Å². The summed E-state index contributed by atoms with van der Waals surface area (Å²) in [6.45, 7) is 1.37. The first-order chi connectivity index (χ1) is 11.8. The summed E-state index contributed by atoms with van der Waals surface area (Å²) in [7, 11) is 1.55. The maximum Gasteiger partial charge on any atom is 0.433 e. The molecule has 2 aliphatic heterocycles. The summed E-state index contributed by atoms with van der Waals surface area (Å²) < 4.78 is 43.2. The van der Waals surface area contributed by atoms with Gasteiger partial charge in [0.25, 0.3) is 5.91 Å². The van der Waals surface area contributed by atoms with Gasteiger partial charge in [0, 0.05) is 38.9 Å². The van der Waals surface area contributed by atoms with Gasteiger partial charge in [-0.2, -0.15) is 13.2 Å². The molecule has 1 N–H and O–H groups in total. The second kappa shape index (κ2) is 6.29. The number of rotatable bonds is 2. The molecule has 3 rings (SSSR count). The van der Waals surface area contributed by atoms with Crippen LogP contribution in [0.1, 0.15) is 22.5 Å². The number of hydrogen-bond acceptors (Lipinski definition) is 4. The molecule has 0 radical (unpaired) electrons. The number of fused-ring (bicyclic) bond motifs is 1. The number of hydrogen-bond donors (Lipinski definition) is 1. The quantitative estimate of drug-likeness (QED) is 0.867. The van der Waals surface area contributed by atoms with Crippen LogP contribution in [0.5, 0.6) is 0 Å². The van der Waals surface area contributed by atoms with E-state index in [1.807, 2.05) is 0 Å². The molecular formula is C16H18F3N3O3. The van der Waals surface area contributed by atoms with Crippen LogP contribution < -0.4 is 5.32 Å². The standard InChI is InChI=1S/C16H18F3N3O3/c1-20-14(24)15-4-5-25-8-11(15)7-22(9-15)13(23)10-2-3-12(21-6-10)16(17,18)19/h2-3,6,11H,4-5,7-9H2,1H3,(H,20,24)/t11-,15+/m1/s1. The monoisotopic (exact) mass is 357 g/mol. The van der Waals surface area contributed by atoms with Crippen molar-refractivity contribution in [3.05, 3.63) is 29.6 Å². The molecule has 0 saturated carbocycles. The Morgan fingerprint density at radius 2 is 2.16 bits per heavy atom. The molecule has 0 aromatic carbocycles. The third-order valence-electron chi connectivity index (χ3n) is 4.97. The molecule has 0 aliphatic carbocycles. The van der Waals surface area contributed by atoms with Crippen LogP contribution in [-0.4, -0.2) is 55.0 Å². The number of likely N-dealkylation sites (tertiary alicyclic amines) is 1. The SMILES string of the molecule is CNC(=O)[C@]12CCOC[C@H]1CN(C(=O)c1ccc(C(F)(F)F)nc1)C2. The lowest BCUT2D eigenvalue weighted by Gasteiger charge is -2.36. The van der Waals surface area contributed by atoms with Gasteiger partial charge in [0.1, 0.15) is 5.69 Å². The molecule has 1 aromatic rings. The topological polar surface area (TPSA) is 71.5 Å². The fraction of sp³-hybridized carbons (Fsp3) is 0.562. The summed E-state index contributed by atoms with van der Waals surface area (Å²) in [5, 5.41) is 2.65. The predicted octanol–water partition coefficient (Wildman–Crippen LogP) is 1.33. The van der Waals surface area contributed by atoms with Crippen molar-refractivity contribution in [3.8, 4) is 0 Å². The molecule has 2 saturated heterocycles. The summed E-state index contributed by atoms with van der Waals surface area (Å²) >= 11 is 0. The molecule has 136 valence electrons. The van der Waals surface area contributed by atoms with E-state index in [0.29, 0.717) is 26.2 Å². The van der Waals surface area contributed by atoms with E-state index in [4.69, 9.17) is 4.74 Å². The molecule has 2 aliphatic rings. The highest BCUT2D eigenvalue weighted by atomic mass is 19.4. The summed E-state index contributed by atoms with van der Waals surface area (Å²) in [6, 6.07) is 1.90. The lowest BCUT2D eigenvalue weighted by atomic mass is 9.73. The predicted molar refractivity (Wildman–Crippen MR) is 80.6 cm³/mol. The first-order valence-electron chi connectivity index (χ1n) is 7.90. The minimum Gasteiger partial charge on any atom is -0.381 e. The average Bonchev–Trinajstić information content (AvgIpc) is 3.00. The van der Waals surface area contributed by atoms with Crippen molar-refractivity contribution in [3.63, 3.8) is 0 Å². The zero-order chi connectivity index (χ0) is 18.2. The Labute approximate surface area is 142 Å². The Morgan fingerprint density at radius 1 is 1.40 bits per heavy atom.